The molecule has 0 saturated heterocycles. The molecule has 1 aromatic rings. The number of nitrogens with zero attached hydrogens (tertiary/aromatic N) is 2. The van der Waals surface area contributed by atoms with Crippen molar-refractivity contribution in [3.05, 3.63) is 10.0 Å². The topological polar surface area (TPSA) is 36.4 Å². The first-order chi connectivity index (χ1) is 5.15. The number of aromatic nitrogens is 1. The zero-order valence-electron chi connectivity index (χ0n) is 6.33. The van der Waals surface area contributed by atoms with Gasteiger partial charge in [-0.2, -0.15) is 0 Å². The maximum atomic E-state index is 8.78. The number of rotatable bonds is 2. The van der Waals surface area contributed by atoms with Gasteiger partial charge in [-0.05, 0) is 0 Å². The van der Waals surface area contributed by atoms with E-state index in [4.69, 9.17) is 16.7 Å². The molecule has 0 bridgehead atoms. The van der Waals surface area contributed by atoms with Crippen molar-refractivity contribution in [2.75, 3.05) is 19.0 Å². The standard InChI is InChI=1S/C6H9ClN2OS/c1-9(2)6-8-5(7)4(3-10)11-6/h10H,3H2,1-2H3. The van der Waals surface area contributed by atoms with Gasteiger partial charge in [0.25, 0.3) is 0 Å². The van der Waals surface area contributed by atoms with Crippen LogP contribution in [-0.2, 0) is 6.61 Å². The lowest BCUT2D eigenvalue weighted by atomic mass is 10.6. The molecule has 11 heavy (non-hydrogen) atoms. The van der Waals surface area contributed by atoms with Crippen molar-refractivity contribution in [1.82, 2.24) is 4.98 Å². The third kappa shape index (κ3) is 1.83. The van der Waals surface area contributed by atoms with Crippen molar-refractivity contribution in [3.8, 4) is 0 Å². The predicted molar refractivity (Wildman–Crippen MR) is 47.4 cm³/mol. The Kier molecular flexibility index (Phi) is 2.70. The highest BCUT2D eigenvalue weighted by molar-refractivity contribution is 7.16. The molecule has 1 heterocycles. The lowest BCUT2D eigenvalue weighted by Crippen LogP contribution is -2.07. The maximum absolute atomic E-state index is 8.78. The van der Waals surface area contributed by atoms with Gasteiger partial charge in [-0.3, -0.25) is 0 Å². The van der Waals surface area contributed by atoms with Crippen molar-refractivity contribution in [2.45, 2.75) is 6.61 Å². The van der Waals surface area contributed by atoms with E-state index >= 15 is 0 Å². The smallest absolute Gasteiger partial charge is 0.186 e. The van der Waals surface area contributed by atoms with Gasteiger partial charge in [0.15, 0.2) is 5.13 Å². The van der Waals surface area contributed by atoms with E-state index < -0.39 is 0 Å². The average Bonchev–Trinajstić information content (AvgIpc) is 2.31. The van der Waals surface area contributed by atoms with Gasteiger partial charge in [-0.1, -0.05) is 22.9 Å². The Hall–Kier alpha value is -0.320. The summed E-state index contributed by atoms with van der Waals surface area (Å²) in [6.45, 7) is -0.0374. The number of hydrogen-bond donors (Lipinski definition) is 1. The Morgan fingerprint density at radius 1 is 1.64 bits per heavy atom. The Bertz CT molecular complexity index is 249. The second-order valence-electron chi connectivity index (χ2n) is 2.26. The van der Waals surface area contributed by atoms with Crippen LogP contribution in [-0.4, -0.2) is 24.2 Å². The normalized spacial score (nSPS) is 10.2. The van der Waals surface area contributed by atoms with Gasteiger partial charge in [0, 0.05) is 14.1 Å². The highest BCUT2D eigenvalue weighted by Gasteiger charge is 2.08. The fourth-order valence-corrected chi connectivity index (χ4v) is 1.65. The quantitative estimate of drug-likeness (QED) is 0.769. The third-order valence-corrected chi connectivity index (χ3v) is 2.80. The SMILES string of the molecule is CN(C)c1nc(Cl)c(CO)s1. The van der Waals surface area contributed by atoms with Crippen LogP contribution in [0.1, 0.15) is 4.88 Å². The number of aliphatic hydroxyl groups is 1. The fraction of sp³-hybridized carbons (Fsp3) is 0.500. The summed E-state index contributed by atoms with van der Waals surface area (Å²) < 4.78 is 0. The minimum absolute atomic E-state index is 0.0374. The van der Waals surface area contributed by atoms with E-state index in [1.165, 1.54) is 11.3 Å². The molecule has 0 aliphatic rings. The third-order valence-electron chi connectivity index (χ3n) is 1.16. The monoisotopic (exact) mass is 192 g/mol. The largest absolute Gasteiger partial charge is 0.391 e. The lowest BCUT2D eigenvalue weighted by molar-refractivity contribution is 0.285. The number of thiazole rings is 1. The van der Waals surface area contributed by atoms with E-state index in [-0.39, 0.29) is 6.61 Å². The van der Waals surface area contributed by atoms with Crippen LogP contribution < -0.4 is 4.90 Å². The van der Waals surface area contributed by atoms with Crippen molar-refractivity contribution >= 4 is 28.1 Å². The minimum Gasteiger partial charge on any atom is -0.391 e. The molecule has 0 saturated carbocycles. The van der Waals surface area contributed by atoms with E-state index in [1.54, 1.807) is 0 Å². The fourth-order valence-electron chi connectivity index (χ4n) is 0.610. The molecule has 0 fully saturated rings. The van der Waals surface area contributed by atoms with Crippen LogP contribution in [0.5, 0.6) is 0 Å². The first-order valence-corrected chi connectivity index (χ1v) is 4.28. The summed E-state index contributed by atoms with van der Waals surface area (Å²) in [5, 5.41) is 10.0. The number of anilines is 1. The molecule has 5 heteroatoms. The number of aliphatic hydroxyl groups excluding tert-OH is 1. The number of halogens is 1. The van der Waals surface area contributed by atoms with Crippen LogP contribution >= 0.6 is 22.9 Å². The summed E-state index contributed by atoms with van der Waals surface area (Å²) in [4.78, 5) is 6.61. The van der Waals surface area contributed by atoms with Crippen LogP contribution in [0.4, 0.5) is 5.13 Å². The van der Waals surface area contributed by atoms with E-state index in [0.717, 1.165) is 10.0 Å². The Labute approximate surface area is 74.2 Å². The van der Waals surface area contributed by atoms with Gasteiger partial charge < -0.3 is 10.0 Å². The van der Waals surface area contributed by atoms with E-state index in [2.05, 4.69) is 4.98 Å². The zero-order chi connectivity index (χ0) is 8.43. The maximum Gasteiger partial charge on any atom is 0.186 e. The van der Waals surface area contributed by atoms with E-state index in [0.29, 0.717) is 5.15 Å². The Balaban J connectivity index is 2.95. The van der Waals surface area contributed by atoms with Crippen molar-refractivity contribution in [2.24, 2.45) is 0 Å². The number of hydrogen-bond acceptors (Lipinski definition) is 4. The molecule has 0 amide bonds. The summed E-state index contributed by atoms with van der Waals surface area (Å²) in [7, 11) is 3.77. The van der Waals surface area contributed by atoms with Gasteiger partial charge in [0.1, 0.15) is 5.15 Å². The molecule has 62 valence electrons. The highest BCUT2D eigenvalue weighted by atomic mass is 35.5. The van der Waals surface area contributed by atoms with Crippen LogP contribution in [0.2, 0.25) is 5.15 Å². The highest BCUT2D eigenvalue weighted by Crippen LogP contribution is 2.27. The molecular weight excluding hydrogens is 184 g/mol. The molecule has 1 N–H and O–H groups in total. The summed E-state index contributed by atoms with van der Waals surface area (Å²) in [5.74, 6) is 0. The molecule has 0 aliphatic carbocycles. The van der Waals surface area contributed by atoms with Crippen LogP contribution in [0.15, 0.2) is 0 Å². The molecule has 0 atom stereocenters. The van der Waals surface area contributed by atoms with Gasteiger partial charge in [0.05, 0.1) is 11.5 Å². The van der Waals surface area contributed by atoms with E-state index in [1.807, 2.05) is 19.0 Å². The molecular formula is C6H9ClN2OS. The van der Waals surface area contributed by atoms with Crippen molar-refractivity contribution in [3.63, 3.8) is 0 Å². The molecule has 0 spiro atoms. The molecule has 0 aromatic carbocycles. The summed E-state index contributed by atoms with van der Waals surface area (Å²) in [6, 6.07) is 0. The predicted octanol–water partition coefficient (Wildman–Crippen LogP) is 1.35. The van der Waals surface area contributed by atoms with Crippen molar-refractivity contribution in [1.29, 1.82) is 0 Å². The molecule has 0 radical (unpaired) electrons. The molecule has 3 nitrogen and oxygen atoms in total. The van der Waals surface area contributed by atoms with Gasteiger partial charge in [-0.25, -0.2) is 4.98 Å². The summed E-state index contributed by atoms with van der Waals surface area (Å²) in [6.07, 6.45) is 0. The molecule has 1 rings (SSSR count). The Morgan fingerprint density at radius 2 is 2.27 bits per heavy atom. The van der Waals surface area contributed by atoms with Gasteiger partial charge >= 0.3 is 0 Å². The second-order valence-corrected chi connectivity index (χ2v) is 3.68. The lowest BCUT2D eigenvalue weighted by Gasteiger charge is -2.04. The zero-order valence-corrected chi connectivity index (χ0v) is 7.91. The minimum atomic E-state index is -0.0374. The van der Waals surface area contributed by atoms with E-state index in [9.17, 15) is 0 Å². The van der Waals surface area contributed by atoms with Crippen LogP contribution in [0.25, 0.3) is 0 Å². The first kappa shape index (κ1) is 8.77. The van der Waals surface area contributed by atoms with Crippen molar-refractivity contribution < 1.29 is 5.11 Å². The molecule has 0 aliphatic heterocycles. The van der Waals surface area contributed by atoms with Crippen LogP contribution in [0.3, 0.4) is 0 Å². The molecule has 0 unspecified atom stereocenters. The summed E-state index contributed by atoms with van der Waals surface area (Å²) in [5.41, 5.74) is 0. The Morgan fingerprint density at radius 3 is 2.55 bits per heavy atom. The molecule has 1 aromatic heterocycles. The van der Waals surface area contributed by atoms with Gasteiger partial charge in [-0.15, -0.1) is 0 Å². The summed E-state index contributed by atoms with van der Waals surface area (Å²) >= 11 is 7.10. The first-order valence-electron chi connectivity index (χ1n) is 3.08. The second kappa shape index (κ2) is 3.38. The van der Waals surface area contributed by atoms with Crippen LogP contribution in [0, 0.1) is 0 Å². The average molecular weight is 193 g/mol. The van der Waals surface area contributed by atoms with Gasteiger partial charge in [0.2, 0.25) is 0 Å².